The Bertz CT molecular complexity index is 889. The van der Waals surface area contributed by atoms with Gasteiger partial charge in [-0.3, -0.25) is 9.48 Å². The van der Waals surface area contributed by atoms with E-state index in [2.05, 4.69) is 36.2 Å². The number of hydrogen-bond donors (Lipinski definition) is 1. The standard InChI is InChI=1S/C18H22N4O3/c1-18(2,3)15-11-25-16(21-15)9-19-13-6-5-12-8-20-22(14(12)7-13)10-17(23)24-4/h5-8,11,19H,9-10H2,1-4H3. The summed E-state index contributed by atoms with van der Waals surface area (Å²) in [6.07, 6.45) is 3.43. The van der Waals surface area contributed by atoms with Gasteiger partial charge in [0.25, 0.3) is 0 Å². The summed E-state index contributed by atoms with van der Waals surface area (Å²) >= 11 is 0. The van der Waals surface area contributed by atoms with Crippen LogP contribution in [0.25, 0.3) is 10.9 Å². The van der Waals surface area contributed by atoms with Crippen molar-refractivity contribution in [2.75, 3.05) is 12.4 Å². The number of nitrogens with zero attached hydrogens (tertiary/aromatic N) is 3. The number of rotatable bonds is 5. The fraction of sp³-hybridized carbons (Fsp3) is 0.389. The quantitative estimate of drug-likeness (QED) is 0.718. The van der Waals surface area contributed by atoms with Crippen LogP contribution in [0, 0.1) is 0 Å². The Morgan fingerprint density at radius 3 is 2.84 bits per heavy atom. The zero-order chi connectivity index (χ0) is 18.0. The lowest BCUT2D eigenvalue weighted by atomic mass is 9.93. The minimum Gasteiger partial charge on any atom is -0.468 e. The van der Waals surface area contributed by atoms with E-state index in [1.54, 1.807) is 17.1 Å². The van der Waals surface area contributed by atoms with Crippen molar-refractivity contribution in [2.45, 2.75) is 39.3 Å². The first-order chi connectivity index (χ1) is 11.9. The van der Waals surface area contributed by atoms with Gasteiger partial charge in [-0.2, -0.15) is 5.10 Å². The lowest BCUT2D eigenvalue weighted by Gasteiger charge is -2.13. The van der Waals surface area contributed by atoms with Crippen molar-refractivity contribution in [3.8, 4) is 0 Å². The molecule has 1 aromatic carbocycles. The maximum Gasteiger partial charge on any atom is 0.327 e. The number of hydrogen-bond acceptors (Lipinski definition) is 6. The van der Waals surface area contributed by atoms with Gasteiger partial charge in [-0.05, 0) is 18.2 Å². The first kappa shape index (κ1) is 17.0. The summed E-state index contributed by atoms with van der Waals surface area (Å²) in [7, 11) is 1.36. The van der Waals surface area contributed by atoms with Gasteiger partial charge in [0, 0.05) is 16.5 Å². The van der Waals surface area contributed by atoms with Crippen molar-refractivity contribution < 1.29 is 13.9 Å². The Labute approximate surface area is 146 Å². The number of aromatic nitrogens is 3. The molecule has 0 unspecified atom stereocenters. The molecule has 0 atom stereocenters. The van der Waals surface area contributed by atoms with Crippen LogP contribution in [0.3, 0.4) is 0 Å². The van der Waals surface area contributed by atoms with Crippen LogP contribution in [0.15, 0.2) is 35.1 Å². The molecule has 0 bridgehead atoms. The molecule has 0 spiro atoms. The summed E-state index contributed by atoms with van der Waals surface area (Å²) in [4.78, 5) is 16.0. The molecule has 7 heteroatoms. The number of nitrogens with one attached hydrogen (secondary N) is 1. The van der Waals surface area contributed by atoms with E-state index in [1.807, 2.05) is 18.2 Å². The van der Waals surface area contributed by atoms with E-state index in [1.165, 1.54) is 7.11 Å². The van der Waals surface area contributed by atoms with E-state index in [-0.39, 0.29) is 17.9 Å². The van der Waals surface area contributed by atoms with Crippen LogP contribution in [0.4, 0.5) is 5.69 Å². The van der Waals surface area contributed by atoms with E-state index >= 15 is 0 Å². The number of benzene rings is 1. The Morgan fingerprint density at radius 1 is 1.36 bits per heavy atom. The molecule has 0 aliphatic heterocycles. The van der Waals surface area contributed by atoms with Crippen LogP contribution in [-0.4, -0.2) is 27.8 Å². The van der Waals surface area contributed by atoms with E-state index in [0.717, 1.165) is 22.3 Å². The summed E-state index contributed by atoms with van der Waals surface area (Å²) < 4.78 is 11.8. The molecule has 25 heavy (non-hydrogen) atoms. The van der Waals surface area contributed by atoms with Gasteiger partial charge in [0.05, 0.1) is 31.1 Å². The second kappa shape index (κ2) is 6.58. The van der Waals surface area contributed by atoms with Crippen molar-refractivity contribution in [3.63, 3.8) is 0 Å². The van der Waals surface area contributed by atoms with Crippen LogP contribution >= 0.6 is 0 Å². The molecule has 0 amide bonds. The average molecular weight is 342 g/mol. The number of oxazole rings is 1. The average Bonchev–Trinajstić information content (AvgIpc) is 3.20. The fourth-order valence-corrected chi connectivity index (χ4v) is 2.41. The molecular weight excluding hydrogens is 320 g/mol. The summed E-state index contributed by atoms with van der Waals surface area (Å²) in [5, 5.41) is 8.48. The molecule has 0 radical (unpaired) electrons. The largest absolute Gasteiger partial charge is 0.468 e. The van der Waals surface area contributed by atoms with Crippen LogP contribution in [0.2, 0.25) is 0 Å². The maximum absolute atomic E-state index is 11.5. The zero-order valence-corrected chi connectivity index (χ0v) is 14.9. The highest BCUT2D eigenvalue weighted by atomic mass is 16.5. The van der Waals surface area contributed by atoms with E-state index in [0.29, 0.717) is 12.4 Å². The third-order valence-electron chi connectivity index (χ3n) is 3.92. The van der Waals surface area contributed by atoms with Gasteiger partial charge in [0.15, 0.2) is 0 Å². The zero-order valence-electron chi connectivity index (χ0n) is 14.9. The molecule has 0 aliphatic carbocycles. The number of carbonyl (C=O) groups excluding carboxylic acids is 1. The van der Waals surface area contributed by atoms with Crippen molar-refractivity contribution >= 4 is 22.6 Å². The van der Waals surface area contributed by atoms with Gasteiger partial charge in [-0.25, -0.2) is 4.98 Å². The van der Waals surface area contributed by atoms with Crippen LogP contribution in [-0.2, 0) is 28.0 Å². The van der Waals surface area contributed by atoms with Crippen molar-refractivity contribution in [1.29, 1.82) is 0 Å². The molecule has 1 N–H and O–H groups in total. The number of anilines is 1. The molecule has 2 aromatic heterocycles. The minimum atomic E-state index is -0.335. The summed E-state index contributed by atoms with van der Waals surface area (Å²) in [5.74, 6) is 0.297. The van der Waals surface area contributed by atoms with Crippen LogP contribution < -0.4 is 5.32 Å². The molecule has 0 aliphatic rings. The first-order valence-corrected chi connectivity index (χ1v) is 8.08. The number of fused-ring (bicyclic) bond motifs is 1. The Balaban J connectivity index is 1.74. The number of esters is 1. The molecule has 132 valence electrons. The Hall–Kier alpha value is -2.83. The van der Waals surface area contributed by atoms with E-state index in [9.17, 15) is 4.79 Å². The van der Waals surface area contributed by atoms with Gasteiger partial charge in [-0.15, -0.1) is 0 Å². The second-order valence-corrected chi connectivity index (χ2v) is 6.88. The molecule has 3 aromatic rings. The van der Waals surface area contributed by atoms with Crippen LogP contribution in [0.1, 0.15) is 32.4 Å². The molecule has 3 rings (SSSR count). The van der Waals surface area contributed by atoms with E-state index < -0.39 is 0 Å². The van der Waals surface area contributed by atoms with Gasteiger partial charge in [0.1, 0.15) is 12.8 Å². The number of methoxy groups -OCH3 is 1. The molecule has 0 saturated carbocycles. The van der Waals surface area contributed by atoms with E-state index in [4.69, 9.17) is 9.15 Å². The van der Waals surface area contributed by atoms with Crippen molar-refractivity contribution in [3.05, 3.63) is 42.2 Å². The minimum absolute atomic E-state index is 0.0406. The first-order valence-electron chi connectivity index (χ1n) is 8.08. The van der Waals surface area contributed by atoms with Crippen LogP contribution in [0.5, 0.6) is 0 Å². The van der Waals surface area contributed by atoms with Gasteiger partial charge in [-0.1, -0.05) is 20.8 Å². The Kier molecular flexibility index (Phi) is 4.48. The Morgan fingerprint density at radius 2 is 2.16 bits per heavy atom. The molecule has 7 nitrogen and oxygen atoms in total. The number of ether oxygens (including phenoxy) is 1. The fourth-order valence-electron chi connectivity index (χ4n) is 2.41. The SMILES string of the molecule is COC(=O)Cn1ncc2ccc(NCc3nc(C(C)(C)C)co3)cc21. The second-order valence-electron chi connectivity index (χ2n) is 6.88. The summed E-state index contributed by atoms with van der Waals surface area (Å²) in [6.45, 7) is 6.85. The topological polar surface area (TPSA) is 82.2 Å². The third-order valence-corrected chi connectivity index (χ3v) is 3.92. The third kappa shape index (κ3) is 3.81. The molecule has 2 heterocycles. The smallest absolute Gasteiger partial charge is 0.327 e. The lowest BCUT2D eigenvalue weighted by Crippen LogP contribution is -2.12. The van der Waals surface area contributed by atoms with Gasteiger partial charge in [0.2, 0.25) is 5.89 Å². The van der Waals surface area contributed by atoms with Crippen molar-refractivity contribution in [2.24, 2.45) is 0 Å². The van der Waals surface area contributed by atoms with Crippen molar-refractivity contribution in [1.82, 2.24) is 14.8 Å². The monoisotopic (exact) mass is 342 g/mol. The molecular formula is C18H22N4O3. The lowest BCUT2D eigenvalue weighted by molar-refractivity contribution is -0.141. The molecule has 0 fully saturated rings. The molecule has 0 saturated heterocycles. The van der Waals surface area contributed by atoms with Gasteiger partial charge >= 0.3 is 5.97 Å². The summed E-state index contributed by atoms with van der Waals surface area (Å²) in [5.41, 5.74) is 2.64. The van der Waals surface area contributed by atoms with Gasteiger partial charge < -0.3 is 14.5 Å². The highest BCUT2D eigenvalue weighted by Gasteiger charge is 2.18. The highest BCUT2D eigenvalue weighted by molar-refractivity contribution is 5.83. The maximum atomic E-state index is 11.5. The predicted octanol–water partition coefficient (Wildman–Crippen LogP) is 3.11. The highest BCUT2D eigenvalue weighted by Crippen LogP contribution is 2.22. The number of carbonyl (C=O) groups is 1. The predicted molar refractivity (Wildman–Crippen MR) is 94.3 cm³/mol. The summed E-state index contributed by atoms with van der Waals surface area (Å²) in [6, 6.07) is 5.85. The normalized spacial score (nSPS) is 11.7.